The molecule has 30 heavy (non-hydrogen) atoms. The average Bonchev–Trinajstić information content (AvgIpc) is 3.21. The first-order chi connectivity index (χ1) is 14.7. The first-order valence-corrected chi connectivity index (χ1v) is 10.2. The second-order valence-corrected chi connectivity index (χ2v) is 7.66. The van der Waals surface area contributed by atoms with Gasteiger partial charge in [0.2, 0.25) is 0 Å². The highest BCUT2D eigenvalue weighted by atomic mass is 16.3. The summed E-state index contributed by atoms with van der Waals surface area (Å²) >= 11 is 0. The summed E-state index contributed by atoms with van der Waals surface area (Å²) in [5.74, 6) is 1.74. The van der Waals surface area contributed by atoms with Gasteiger partial charge in [0.25, 0.3) is 5.56 Å². The van der Waals surface area contributed by atoms with E-state index in [-0.39, 0.29) is 12.1 Å². The van der Waals surface area contributed by atoms with Gasteiger partial charge in [-0.05, 0) is 50.2 Å². The number of oxazole rings is 1. The molecule has 1 fully saturated rings. The van der Waals surface area contributed by atoms with Crippen LogP contribution in [0.15, 0.2) is 57.7 Å². The van der Waals surface area contributed by atoms with Gasteiger partial charge in [0, 0.05) is 5.92 Å². The molecule has 1 aliphatic heterocycles. The third-order valence-corrected chi connectivity index (χ3v) is 5.78. The average molecular weight is 399 g/mol. The van der Waals surface area contributed by atoms with Gasteiger partial charge in [-0.2, -0.15) is 5.26 Å². The maximum Gasteiger partial charge on any atom is 0.262 e. The zero-order valence-electron chi connectivity index (χ0n) is 16.5. The number of piperidine rings is 1. The molecule has 0 atom stereocenters. The Labute approximate surface area is 173 Å². The van der Waals surface area contributed by atoms with E-state index in [4.69, 9.17) is 9.40 Å². The van der Waals surface area contributed by atoms with Crippen LogP contribution < -0.4 is 5.56 Å². The molecule has 0 aliphatic carbocycles. The summed E-state index contributed by atoms with van der Waals surface area (Å²) in [7, 11) is 0. The highest BCUT2D eigenvalue weighted by Crippen LogP contribution is 2.30. The van der Waals surface area contributed by atoms with Gasteiger partial charge in [-0.1, -0.05) is 24.3 Å². The van der Waals surface area contributed by atoms with Crippen LogP contribution in [0.5, 0.6) is 0 Å². The van der Waals surface area contributed by atoms with E-state index in [0.29, 0.717) is 29.2 Å². The minimum atomic E-state index is -0.154. The Balaban J connectivity index is 1.35. The van der Waals surface area contributed by atoms with Gasteiger partial charge < -0.3 is 4.42 Å². The minimum absolute atomic E-state index is 0.00533. The van der Waals surface area contributed by atoms with E-state index >= 15 is 0 Å². The molecule has 0 saturated carbocycles. The lowest BCUT2D eigenvalue weighted by atomic mass is 9.97. The first kappa shape index (κ1) is 18.5. The third kappa shape index (κ3) is 3.36. The number of likely N-dealkylation sites (tertiary alicyclic amines) is 1. The molecule has 7 heteroatoms. The molecule has 5 rings (SSSR count). The summed E-state index contributed by atoms with van der Waals surface area (Å²) in [6.07, 6.45) is 1.87. The van der Waals surface area contributed by atoms with Crippen LogP contribution in [-0.2, 0) is 13.1 Å². The lowest BCUT2D eigenvalue weighted by molar-refractivity contribution is 0.187. The molecule has 150 valence electrons. The van der Waals surface area contributed by atoms with E-state index < -0.39 is 0 Å². The van der Waals surface area contributed by atoms with Crippen LogP contribution >= 0.6 is 0 Å². The number of aromatic nitrogens is 3. The monoisotopic (exact) mass is 399 g/mol. The molecule has 0 unspecified atom stereocenters. The fraction of sp³-hybridized carbons (Fsp3) is 0.304. The van der Waals surface area contributed by atoms with E-state index in [1.54, 1.807) is 6.07 Å². The van der Waals surface area contributed by atoms with Gasteiger partial charge in [-0.3, -0.25) is 14.3 Å². The predicted octanol–water partition coefficient (Wildman–Crippen LogP) is 3.44. The molecule has 0 bridgehead atoms. The maximum atomic E-state index is 12.8. The van der Waals surface area contributed by atoms with Crippen molar-refractivity contribution < 1.29 is 4.42 Å². The van der Waals surface area contributed by atoms with Crippen molar-refractivity contribution in [3.8, 4) is 6.07 Å². The van der Waals surface area contributed by atoms with E-state index in [1.165, 1.54) is 4.57 Å². The van der Waals surface area contributed by atoms with Crippen LogP contribution in [0.4, 0.5) is 0 Å². The molecule has 0 radical (unpaired) electrons. The zero-order chi connectivity index (χ0) is 20.5. The van der Waals surface area contributed by atoms with Crippen molar-refractivity contribution in [2.24, 2.45) is 0 Å². The minimum Gasteiger partial charge on any atom is -0.440 e. The molecule has 0 spiro atoms. The van der Waals surface area contributed by atoms with Crippen molar-refractivity contribution in [3.63, 3.8) is 0 Å². The molecule has 4 aromatic rings. The number of para-hydroxylation sites is 3. The number of nitriles is 1. The molecular formula is C23H21N5O2. The number of fused-ring (bicyclic) bond motifs is 2. The van der Waals surface area contributed by atoms with Crippen molar-refractivity contribution in [2.75, 3.05) is 13.1 Å². The lowest BCUT2D eigenvalue weighted by Crippen LogP contribution is -2.35. The Morgan fingerprint density at radius 1 is 1.03 bits per heavy atom. The van der Waals surface area contributed by atoms with Crippen LogP contribution in [0.25, 0.3) is 22.0 Å². The summed E-state index contributed by atoms with van der Waals surface area (Å²) < 4.78 is 7.45. The van der Waals surface area contributed by atoms with Crippen molar-refractivity contribution >= 4 is 22.0 Å². The standard InChI is InChI=1S/C23H21N5O2/c24-11-14-28-21(25-18-6-2-1-5-17(18)23(28)29)15-27-12-9-16(10-13-27)22-26-19-7-3-4-8-20(19)30-22/h1-8,16H,9-10,12-15H2. The number of nitrogens with zero attached hydrogens (tertiary/aromatic N) is 5. The number of rotatable bonds is 4. The topological polar surface area (TPSA) is 87.9 Å². The van der Waals surface area contributed by atoms with Gasteiger partial charge in [-0.25, -0.2) is 9.97 Å². The summed E-state index contributed by atoms with van der Waals surface area (Å²) in [4.78, 5) is 24.5. The summed E-state index contributed by atoms with van der Waals surface area (Å²) in [5.41, 5.74) is 2.25. The van der Waals surface area contributed by atoms with Crippen LogP contribution in [0.2, 0.25) is 0 Å². The number of hydrogen-bond donors (Lipinski definition) is 0. The SMILES string of the molecule is N#CCn1c(CN2CCC(c3nc4ccccc4o3)CC2)nc2ccccc2c1=O. The van der Waals surface area contributed by atoms with Crippen LogP contribution in [0.3, 0.4) is 0 Å². The first-order valence-electron chi connectivity index (χ1n) is 10.2. The van der Waals surface area contributed by atoms with E-state index in [0.717, 1.165) is 42.9 Å². The molecule has 3 heterocycles. The van der Waals surface area contributed by atoms with Crippen molar-refractivity contribution in [3.05, 3.63) is 70.6 Å². The van der Waals surface area contributed by atoms with Gasteiger partial charge in [0.05, 0.1) is 23.5 Å². The fourth-order valence-corrected chi connectivity index (χ4v) is 4.17. The maximum absolute atomic E-state index is 12.8. The molecule has 1 saturated heterocycles. The predicted molar refractivity (Wildman–Crippen MR) is 113 cm³/mol. The Bertz CT molecular complexity index is 1280. The molecular weight excluding hydrogens is 378 g/mol. The summed E-state index contributed by atoms with van der Waals surface area (Å²) in [6.45, 7) is 2.27. The van der Waals surface area contributed by atoms with Gasteiger partial charge in [-0.15, -0.1) is 0 Å². The number of benzene rings is 2. The Morgan fingerprint density at radius 2 is 1.77 bits per heavy atom. The van der Waals surface area contributed by atoms with E-state index in [1.807, 2.05) is 42.5 Å². The van der Waals surface area contributed by atoms with Crippen molar-refractivity contribution in [2.45, 2.75) is 31.8 Å². The summed E-state index contributed by atoms with van der Waals surface area (Å²) in [6, 6.07) is 17.2. The van der Waals surface area contributed by atoms with Gasteiger partial charge in [0.15, 0.2) is 11.5 Å². The van der Waals surface area contributed by atoms with Crippen LogP contribution in [-0.4, -0.2) is 32.5 Å². The third-order valence-electron chi connectivity index (χ3n) is 5.78. The smallest absolute Gasteiger partial charge is 0.262 e. The van der Waals surface area contributed by atoms with Crippen molar-refractivity contribution in [1.29, 1.82) is 5.26 Å². The van der Waals surface area contributed by atoms with Crippen LogP contribution in [0.1, 0.15) is 30.5 Å². The highest BCUT2D eigenvalue weighted by Gasteiger charge is 2.25. The summed E-state index contributed by atoms with van der Waals surface area (Å²) in [5, 5.41) is 9.75. The largest absolute Gasteiger partial charge is 0.440 e. The number of hydrogen-bond acceptors (Lipinski definition) is 6. The Kier molecular flexibility index (Phi) is 4.77. The highest BCUT2D eigenvalue weighted by molar-refractivity contribution is 5.77. The lowest BCUT2D eigenvalue weighted by Gasteiger charge is -2.30. The zero-order valence-corrected chi connectivity index (χ0v) is 16.5. The van der Waals surface area contributed by atoms with E-state index in [2.05, 4.69) is 16.0 Å². The fourth-order valence-electron chi connectivity index (χ4n) is 4.17. The van der Waals surface area contributed by atoms with Gasteiger partial charge >= 0.3 is 0 Å². The molecule has 0 N–H and O–H groups in total. The Morgan fingerprint density at radius 3 is 2.53 bits per heavy atom. The molecule has 7 nitrogen and oxygen atoms in total. The van der Waals surface area contributed by atoms with Crippen molar-refractivity contribution in [1.82, 2.24) is 19.4 Å². The second kappa shape index (κ2) is 7.73. The Hall–Kier alpha value is -3.50. The quantitative estimate of drug-likeness (QED) is 0.522. The molecule has 2 aromatic heterocycles. The molecule has 2 aromatic carbocycles. The molecule has 1 aliphatic rings. The second-order valence-electron chi connectivity index (χ2n) is 7.66. The van der Waals surface area contributed by atoms with E-state index in [9.17, 15) is 10.1 Å². The van der Waals surface area contributed by atoms with Gasteiger partial charge in [0.1, 0.15) is 17.9 Å². The molecule has 0 amide bonds. The normalized spacial score (nSPS) is 15.6. The van der Waals surface area contributed by atoms with Crippen LogP contribution in [0, 0.1) is 11.3 Å².